The van der Waals surface area contributed by atoms with E-state index in [4.69, 9.17) is 0 Å². The second-order valence-corrected chi connectivity index (χ2v) is 5.44. The van der Waals surface area contributed by atoms with Gasteiger partial charge in [0.2, 0.25) is 0 Å². The van der Waals surface area contributed by atoms with Crippen LogP contribution in [0.3, 0.4) is 0 Å². The fourth-order valence-electron chi connectivity index (χ4n) is 2.26. The molecule has 1 aromatic carbocycles. The molecule has 2 rings (SSSR count). The van der Waals surface area contributed by atoms with Crippen LogP contribution >= 0.6 is 0 Å². The molecule has 0 aliphatic heterocycles. The molecule has 1 amide bonds. The number of alkyl halides is 3. The Bertz CT molecular complexity index is 783. The third kappa shape index (κ3) is 6.65. The number of nitrogens with zero attached hydrogens (tertiary/aromatic N) is 2. The van der Waals surface area contributed by atoms with Crippen molar-refractivity contribution in [3.63, 3.8) is 0 Å². The maximum absolute atomic E-state index is 12.4. The molecule has 2 aromatic rings. The number of aromatic nitrogens is 2. The number of rotatable bonds is 8. The fraction of sp³-hybridized carbons (Fsp3) is 0.353. The lowest BCUT2D eigenvalue weighted by atomic mass is 10.2. The van der Waals surface area contributed by atoms with E-state index in [9.17, 15) is 18.0 Å². The molecule has 146 valence electrons. The summed E-state index contributed by atoms with van der Waals surface area (Å²) in [6.45, 7) is 4.92. The van der Waals surface area contributed by atoms with E-state index in [0.29, 0.717) is 30.5 Å². The van der Waals surface area contributed by atoms with Crippen molar-refractivity contribution in [2.45, 2.75) is 20.2 Å². The number of nitrogens with one attached hydrogen (secondary N) is 3. The second kappa shape index (κ2) is 9.06. The number of carbonyl (C=O) groups is 1. The van der Waals surface area contributed by atoms with E-state index in [2.05, 4.69) is 30.7 Å². The van der Waals surface area contributed by atoms with E-state index in [1.807, 2.05) is 6.92 Å². The third-order valence-corrected chi connectivity index (χ3v) is 3.27. The quantitative estimate of drug-likeness (QED) is 0.608. The summed E-state index contributed by atoms with van der Waals surface area (Å²) >= 11 is 0. The molecule has 0 aliphatic carbocycles. The fourth-order valence-corrected chi connectivity index (χ4v) is 2.26. The average molecular weight is 383 g/mol. The van der Waals surface area contributed by atoms with Gasteiger partial charge < -0.3 is 20.7 Å². The van der Waals surface area contributed by atoms with Crippen LogP contribution in [0.1, 0.15) is 23.1 Å². The number of benzene rings is 1. The highest BCUT2D eigenvalue weighted by molar-refractivity contribution is 5.96. The number of amides is 1. The van der Waals surface area contributed by atoms with E-state index >= 15 is 0 Å². The molecule has 0 radical (unpaired) electrons. The van der Waals surface area contributed by atoms with Crippen LogP contribution in [0.2, 0.25) is 0 Å². The Hall–Kier alpha value is -3.04. The lowest BCUT2D eigenvalue weighted by Crippen LogP contribution is -2.30. The zero-order valence-corrected chi connectivity index (χ0v) is 14.9. The molecule has 7 nitrogen and oxygen atoms in total. The topological polar surface area (TPSA) is 88.2 Å². The molecule has 0 fully saturated rings. The Morgan fingerprint density at radius 2 is 1.78 bits per heavy atom. The minimum atomic E-state index is -4.87. The Kier molecular flexibility index (Phi) is 6.80. The van der Waals surface area contributed by atoms with Crippen LogP contribution in [-0.4, -0.2) is 41.9 Å². The van der Waals surface area contributed by atoms with Gasteiger partial charge in [0.25, 0.3) is 5.91 Å². The summed E-state index contributed by atoms with van der Waals surface area (Å²) < 4.78 is 41.1. The number of ether oxygens (including phenoxy) is 1. The molecular weight excluding hydrogens is 363 g/mol. The molecular formula is C17H20F3N5O2. The van der Waals surface area contributed by atoms with Gasteiger partial charge in [0, 0.05) is 25.7 Å². The summed E-state index contributed by atoms with van der Waals surface area (Å²) in [6, 6.07) is 6.90. The maximum Gasteiger partial charge on any atom is 0.573 e. The molecule has 1 heterocycles. The third-order valence-electron chi connectivity index (χ3n) is 3.27. The predicted octanol–water partition coefficient (Wildman–Crippen LogP) is 2.96. The smallest absolute Gasteiger partial charge is 0.405 e. The molecule has 0 unspecified atom stereocenters. The van der Waals surface area contributed by atoms with Crippen molar-refractivity contribution >= 4 is 17.5 Å². The number of hydrogen-bond donors (Lipinski definition) is 3. The van der Waals surface area contributed by atoms with Gasteiger partial charge in [-0.05, 0) is 26.0 Å². The first kappa shape index (κ1) is 20.3. The highest BCUT2D eigenvalue weighted by Gasteiger charge is 2.32. The molecule has 10 heteroatoms. The van der Waals surface area contributed by atoms with Crippen LogP contribution in [0.15, 0.2) is 30.3 Å². The van der Waals surface area contributed by atoms with Gasteiger partial charge in [0.05, 0.1) is 5.56 Å². The van der Waals surface area contributed by atoms with E-state index in [0.717, 1.165) is 6.07 Å². The van der Waals surface area contributed by atoms with E-state index < -0.39 is 18.0 Å². The number of para-hydroxylation sites is 1. The zero-order valence-electron chi connectivity index (χ0n) is 14.9. The molecule has 0 aliphatic rings. The summed E-state index contributed by atoms with van der Waals surface area (Å²) in [5.41, 5.74) is -0.192. The SMILES string of the molecule is CCNc1cc(NCCNC(=O)c2ccccc2OC(F)(F)F)nc(C)n1. The number of aryl methyl sites for hydroxylation is 1. The zero-order chi connectivity index (χ0) is 19.9. The summed E-state index contributed by atoms with van der Waals surface area (Å²) in [4.78, 5) is 20.6. The van der Waals surface area contributed by atoms with Crippen molar-refractivity contribution in [3.8, 4) is 5.75 Å². The van der Waals surface area contributed by atoms with Gasteiger partial charge in [0.1, 0.15) is 23.2 Å². The number of halogens is 3. The molecule has 3 N–H and O–H groups in total. The van der Waals surface area contributed by atoms with Crippen molar-refractivity contribution in [3.05, 3.63) is 41.7 Å². The van der Waals surface area contributed by atoms with Crippen molar-refractivity contribution in [1.82, 2.24) is 15.3 Å². The second-order valence-electron chi connectivity index (χ2n) is 5.44. The first-order valence-electron chi connectivity index (χ1n) is 8.25. The van der Waals surface area contributed by atoms with Gasteiger partial charge in [-0.3, -0.25) is 4.79 Å². The van der Waals surface area contributed by atoms with E-state index in [-0.39, 0.29) is 12.1 Å². The van der Waals surface area contributed by atoms with E-state index in [1.54, 1.807) is 13.0 Å². The summed E-state index contributed by atoms with van der Waals surface area (Å²) in [6.07, 6.45) is -4.87. The van der Waals surface area contributed by atoms with Gasteiger partial charge in [-0.15, -0.1) is 13.2 Å². The molecule has 0 saturated carbocycles. The van der Waals surface area contributed by atoms with Crippen LogP contribution in [0.4, 0.5) is 24.8 Å². The number of carbonyl (C=O) groups excluding carboxylic acids is 1. The monoisotopic (exact) mass is 383 g/mol. The molecule has 0 atom stereocenters. The van der Waals surface area contributed by atoms with Crippen molar-refractivity contribution < 1.29 is 22.7 Å². The lowest BCUT2D eigenvalue weighted by Gasteiger charge is -2.13. The molecule has 0 spiro atoms. The minimum Gasteiger partial charge on any atom is -0.405 e. The molecule has 27 heavy (non-hydrogen) atoms. The number of anilines is 2. The summed E-state index contributed by atoms with van der Waals surface area (Å²) in [5.74, 6) is 0.627. The van der Waals surface area contributed by atoms with Crippen molar-refractivity contribution in [1.29, 1.82) is 0 Å². The van der Waals surface area contributed by atoms with E-state index in [1.165, 1.54) is 18.2 Å². The molecule has 1 aromatic heterocycles. The first-order valence-corrected chi connectivity index (χ1v) is 8.25. The largest absolute Gasteiger partial charge is 0.573 e. The highest BCUT2D eigenvalue weighted by Crippen LogP contribution is 2.26. The lowest BCUT2D eigenvalue weighted by molar-refractivity contribution is -0.274. The Morgan fingerprint density at radius 3 is 2.44 bits per heavy atom. The highest BCUT2D eigenvalue weighted by atomic mass is 19.4. The minimum absolute atomic E-state index is 0.179. The summed E-state index contributed by atoms with van der Waals surface area (Å²) in [7, 11) is 0. The Labute approximate surface area is 154 Å². The van der Waals surface area contributed by atoms with Gasteiger partial charge >= 0.3 is 6.36 Å². The van der Waals surface area contributed by atoms with Gasteiger partial charge in [-0.1, -0.05) is 12.1 Å². The average Bonchev–Trinajstić information content (AvgIpc) is 2.57. The van der Waals surface area contributed by atoms with Crippen molar-refractivity contribution in [2.75, 3.05) is 30.3 Å². The van der Waals surface area contributed by atoms with Crippen LogP contribution in [0, 0.1) is 6.92 Å². The van der Waals surface area contributed by atoms with Gasteiger partial charge in [0.15, 0.2) is 0 Å². The van der Waals surface area contributed by atoms with Crippen LogP contribution in [0.25, 0.3) is 0 Å². The molecule has 0 saturated heterocycles. The standard InChI is InChI=1S/C17H20F3N5O2/c1-3-21-14-10-15(25-11(2)24-14)22-8-9-23-16(26)12-6-4-5-7-13(12)27-17(18,19)20/h4-7,10H,3,8-9H2,1-2H3,(H,23,26)(H2,21,22,24,25). The Balaban J connectivity index is 1.90. The summed E-state index contributed by atoms with van der Waals surface area (Å²) in [5, 5.41) is 8.65. The van der Waals surface area contributed by atoms with Crippen LogP contribution in [-0.2, 0) is 0 Å². The van der Waals surface area contributed by atoms with Gasteiger partial charge in [-0.25, -0.2) is 9.97 Å². The maximum atomic E-state index is 12.4. The normalized spacial score (nSPS) is 11.0. The van der Waals surface area contributed by atoms with Gasteiger partial charge in [-0.2, -0.15) is 0 Å². The predicted molar refractivity (Wildman–Crippen MR) is 94.9 cm³/mol. The Morgan fingerprint density at radius 1 is 1.11 bits per heavy atom. The molecule has 0 bridgehead atoms. The van der Waals surface area contributed by atoms with Crippen LogP contribution in [0.5, 0.6) is 5.75 Å². The van der Waals surface area contributed by atoms with Crippen LogP contribution < -0.4 is 20.7 Å². The van der Waals surface area contributed by atoms with Crippen molar-refractivity contribution in [2.24, 2.45) is 0 Å². The first-order chi connectivity index (χ1) is 12.8. The number of hydrogen-bond acceptors (Lipinski definition) is 6.